The molecule has 0 radical (unpaired) electrons. The summed E-state index contributed by atoms with van der Waals surface area (Å²) in [6.07, 6.45) is 0. The molecule has 1 aromatic carbocycles. The second-order valence-electron chi connectivity index (χ2n) is 4.77. The van der Waals surface area contributed by atoms with E-state index in [1.165, 1.54) is 0 Å². The molecule has 0 atom stereocenters. The fourth-order valence-electron chi connectivity index (χ4n) is 1.59. The minimum absolute atomic E-state index is 0.320. The summed E-state index contributed by atoms with van der Waals surface area (Å²) in [7, 11) is 0. The minimum atomic E-state index is -1.02. The lowest BCUT2D eigenvalue weighted by Gasteiger charge is -2.26. The number of nitrogens with one attached hydrogen (secondary N) is 1. The predicted octanol–water partition coefficient (Wildman–Crippen LogP) is 1.54. The first-order valence-electron chi connectivity index (χ1n) is 5.64. The van der Waals surface area contributed by atoms with Gasteiger partial charge < -0.3 is 15.5 Å². The quantitative estimate of drug-likeness (QED) is 0.789. The smallest absolute Gasteiger partial charge is 0.253 e. The van der Waals surface area contributed by atoms with Crippen molar-refractivity contribution in [3.63, 3.8) is 0 Å². The van der Waals surface area contributed by atoms with Crippen molar-refractivity contribution in [2.45, 2.75) is 26.3 Å². The van der Waals surface area contributed by atoms with Gasteiger partial charge in [-0.1, -0.05) is 6.07 Å². The van der Waals surface area contributed by atoms with Gasteiger partial charge in [0.05, 0.1) is 24.3 Å². The van der Waals surface area contributed by atoms with Crippen LogP contribution in [0.5, 0.6) is 0 Å². The lowest BCUT2D eigenvalue weighted by Crippen LogP contribution is -2.51. The van der Waals surface area contributed by atoms with Crippen molar-refractivity contribution in [2.75, 3.05) is 13.2 Å². The summed E-state index contributed by atoms with van der Waals surface area (Å²) in [5.41, 5.74) is 1.43. The highest BCUT2D eigenvalue weighted by atomic mass is 79.9. The van der Waals surface area contributed by atoms with Crippen LogP contribution >= 0.6 is 15.9 Å². The van der Waals surface area contributed by atoms with Crippen molar-refractivity contribution in [1.82, 2.24) is 5.32 Å². The van der Waals surface area contributed by atoms with Crippen molar-refractivity contribution in [3.05, 3.63) is 33.3 Å². The Morgan fingerprint density at radius 1 is 1.33 bits per heavy atom. The Morgan fingerprint density at radius 2 is 1.89 bits per heavy atom. The molecule has 5 heteroatoms. The van der Waals surface area contributed by atoms with Crippen LogP contribution in [0.25, 0.3) is 0 Å². The fraction of sp³-hybridized carbons (Fsp3) is 0.462. The number of carbonyl (C=O) groups excluding carboxylic acids is 1. The van der Waals surface area contributed by atoms with Gasteiger partial charge in [-0.15, -0.1) is 0 Å². The van der Waals surface area contributed by atoms with E-state index in [1.54, 1.807) is 13.0 Å². The standard InChI is InChI=1S/C13H18BrNO3/c1-8-4-9(2)11(14)10(5-8)12(18)15-13(3,6-16)7-17/h4-5,16-17H,6-7H2,1-3H3,(H,15,18). The Balaban J connectivity index is 3.05. The summed E-state index contributed by atoms with van der Waals surface area (Å²) in [5, 5.41) is 21.0. The second-order valence-corrected chi connectivity index (χ2v) is 5.57. The third kappa shape index (κ3) is 3.31. The Hall–Kier alpha value is -0.910. The van der Waals surface area contributed by atoms with Gasteiger partial charge in [-0.3, -0.25) is 4.79 Å². The number of carbonyl (C=O) groups is 1. The summed E-state index contributed by atoms with van der Waals surface area (Å²) < 4.78 is 0.726. The molecule has 18 heavy (non-hydrogen) atoms. The number of rotatable bonds is 4. The maximum atomic E-state index is 12.1. The molecule has 1 amide bonds. The van der Waals surface area contributed by atoms with E-state index >= 15 is 0 Å². The molecular formula is C13H18BrNO3. The molecule has 0 bridgehead atoms. The molecule has 0 saturated carbocycles. The first-order chi connectivity index (χ1) is 8.33. The zero-order valence-corrected chi connectivity index (χ0v) is 12.3. The summed E-state index contributed by atoms with van der Waals surface area (Å²) >= 11 is 3.38. The van der Waals surface area contributed by atoms with Crippen molar-refractivity contribution in [2.24, 2.45) is 0 Å². The van der Waals surface area contributed by atoms with E-state index in [1.807, 2.05) is 19.9 Å². The lowest BCUT2D eigenvalue weighted by molar-refractivity contribution is 0.0723. The van der Waals surface area contributed by atoms with Crippen molar-refractivity contribution in [3.8, 4) is 0 Å². The summed E-state index contributed by atoms with van der Waals surface area (Å²) in [6, 6.07) is 3.74. The van der Waals surface area contributed by atoms with Gasteiger partial charge >= 0.3 is 0 Å². The number of aliphatic hydroxyl groups is 2. The van der Waals surface area contributed by atoms with E-state index in [0.29, 0.717) is 5.56 Å². The predicted molar refractivity (Wildman–Crippen MR) is 73.7 cm³/mol. The van der Waals surface area contributed by atoms with Crippen LogP contribution in [0, 0.1) is 13.8 Å². The Morgan fingerprint density at radius 3 is 2.39 bits per heavy atom. The average molecular weight is 316 g/mol. The van der Waals surface area contributed by atoms with Gasteiger partial charge in [0.15, 0.2) is 0 Å². The molecule has 3 N–H and O–H groups in total. The molecule has 0 saturated heterocycles. The fourth-order valence-corrected chi connectivity index (χ4v) is 1.99. The highest BCUT2D eigenvalue weighted by Crippen LogP contribution is 2.23. The molecule has 0 fully saturated rings. The van der Waals surface area contributed by atoms with Crippen LogP contribution in [-0.2, 0) is 0 Å². The number of aryl methyl sites for hydroxylation is 2. The number of hydrogen-bond acceptors (Lipinski definition) is 3. The molecule has 0 heterocycles. The molecule has 0 aliphatic heterocycles. The molecule has 0 aliphatic rings. The molecule has 4 nitrogen and oxygen atoms in total. The zero-order chi connectivity index (χ0) is 13.9. The molecule has 0 spiro atoms. The van der Waals surface area contributed by atoms with Gasteiger partial charge in [-0.05, 0) is 53.9 Å². The van der Waals surface area contributed by atoms with Crippen LogP contribution in [0.2, 0.25) is 0 Å². The van der Waals surface area contributed by atoms with E-state index in [-0.39, 0.29) is 19.1 Å². The van der Waals surface area contributed by atoms with Crippen LogP contribution in [0.1, 0.15) is 28.4 Å². The van der Waals surface area contributed by atoms with Crippen molar-refractivity contribution >= 4 is 21.8 Å². The molecule has 0 unspecified atom stereocenters. The number of halogens is 1. The zero-order valence-electron chi connectivity index (χ0n) is 10.7. The topological polar surface area (TPSA) is 69.6 Å². The van der Waals surface area contributed by atoms with Gasteiger partial charge in [-0.25, -0.2) is 0 Å². The van der Waals surface area contributed by atoms with Crippen LogP contribution < -0.4 is 5.32 Å². The molecule has 1 rings (SSSR count). The number of aliphatic hydroxyl groups excluding tert-OH is 2. The normalized spacial score (nSPS) is 11.4. The molecular weight excluding hydrogens is 298 g/mol. The Labute approximate surface area is 115 Å². The van der Waals surface area contributed by atoms with Gasteiger partial charge in [0.1, 0.15) is 0 Å². The van der Waals surface area contributed by atoms with Crippen LogP contribution in [0.4, 0.5) is 0 Å². The van der Waals surface area contributed by atoms with Gasteiger partial charge in [0.2, 0.25) is 0 Å². The van der Waals surface area contributed by atoms with E-state index in [0.717, 1.165) is 15.6 Å². The maximum Gasteiger partial charge on any atom is 0.253 e. The van der Waals surface area contributed by atoms with E-state index in [2.05, 4.69) is 21.2 Å². The van der Waals surface area contributed by atoms with Gasteiger partial charge in [0, 0.05) is 4.47 Å². The number of amides is 1. The van der Waals surface area contributed by atoms with Crippen LogP contribution in [-0.4, -0.2) is 34.9 Å². The van der Waals surface area contributed by atoms with E-state index in [9.17, 15) is 15.0 Å². The first kappa shape index (κ1) is 15.1. The largest absolute Gasteiger partial charge is 0.394 e. The minimum Gasteiger partial charge on any atom is -0.394 e. The van der Waals surface area contributed by atoms with E-state index in [4.69, 9.17) is 0 Å². The summed E-state index contributed by atoms with van der Waals surface area (Å²) in [4.78, 5) is 12.1. The number of benzene rings is 1. The SMILES string of the molecule is Cc1cc(C)c(Br)c(C(=O)NC(C)(CO)CO)c1. The number of hydrogen-bond donors (Lipinski definition) is 3. The Kier molecular flexibility index (Phi) is 4.90. The molecule has 1 aromatic rings. The average Bonchev–Trinajstić information content (AvgIpc) is 2.33. The lowest BCUT2D eigenvalue weighted by atomic mass is 10.0. The summed E-state index contributed by atoms with van der Waals surface area (Å²) in [5.74, 6) is -0.320. The first-order valence-corrected chi connectivity index (χ1v) is 6.43. The van der Waals surface area contributed by atoms with Crippen LogP contribution in [0.15, 0.2) is 16.6 Å². The van der Waals surface area contributed by atoms with Gasteiger partial charge in [0.25, 0.3) is 5.91 Å². The van der Waals surface area contributed by atoms with Crippen LogP contribution in [0.3, 0.4) is 0 Å². The van der Waals surface area contributed by atoms with Gasteiger partial charge in [-0.2, -0.15) is 0 Å². The highest BCUT2D eigenvalue weighted by molar-refractivity contribution is 9.10. The van der Waals surface area contributed by atoms with Crippen molar-refractivity contribution < 1.29 is 15.0 Å². The molecule has 100 valence electrons. The summed E-state index contributed by atoms with van der Waals surface area (Å²) in [6.45, 7) is 4.76. The second kappa shape index (κ2) is 5.82. The monoisotopic (exact) mass is 315 g/mol. The third-order valence-corrected chi connectivity index (χ3v) is 3.81. The highest BCUT2D eigenvalue weighted by Gasteiger charge is 2.26. The van der Waals surface area contributed by atoms with Crippen molar-refractivity contribution in [1.29, 1.82) is 0 Å². The third-order valence-electron chi connectivity index (χ3n) is 2.76. The molecule has 0 aliphatic carbocycles. The molecule has 0 aromatic heterocycles. The Bertz CT molecular complexity index is 456. The van der Waals surface area contributed by atoms with E-state index < -0.39 is 5.54 Å². The maximum absolute atomic E-state index is 12.1.